The summed E-state index contributed by atoms with van der Waals surface area (Å²) in [6.45, 7) is -0.192. The first-order chi connectivity index (χ1) is 9.86. The predicted octanol–water partition coefficient (Wildman–Crippen LogP) is -3.48. The number of aliphatic hydroxyl groups is 3. The second-order valence-corrected chi connectivity index (χ2v) is 4.77. The Balaban J connectivity index is 2.51. The van der Waals surface area contributed by atoms with Gasteiger partial charge in [0.1, 0.15) is 30.6 Å². The molecule has 0 aromatic rings. The number of aliphatic imine (C=N–C) groups is 1. The molecule has 21 heavy (non-hydrogen) atoms. The highest BCUT2D eigenvalue weighted by Crippen LogP contribution is 2.20. The molecule has 9 N–H and O–H groups in total. The van der Waals surface area contributed by atoms with Crippen molar-refractivity contribution in [2.24, 2.45) is 16.5 Å². The normalized spacial score (nSPS) is 30.0. The Labute approximate surface area is 121 Å². The van der Waals surface area contributed by atoms with E-state index in [9.17, 15) is 15.0 Å². The smallest absolute Gasteiger partial charge is 0.320 e. The van der Waals surface area contributed by atoms with Crippen molar-refractivity contribution in [3.63, 3.8) is 0 Å². The highest BCUT2D eigenvalue weighted by molar-refractivity contribution is 5.75. The van der Waals surface area contributed by atoms with Gasteiger partial charge < -0.3 is 36.6 Å². The SMILES string of the molecule is NC(N)=NCCC[C@H](N[C@H]1O[C@H](CO)[C@@H](O)[C@H]1O)C(=O)O. The van der Waals surface area contributed by atoms with Gasteiger partial charge in [0.15, 0.2) is 5.96 Å². The minimum atomic E-state index is -1.32. The first kappa shape index (κ1) is 17.6. The number of nitrogens with two attached hydrogens (primary N) is 2. The third-order valence-electron chi connectivity index (χ3n) is 3.15. The molecule has 1 heterocycles. The minimum Gasteiger partial charge on any atom is -0.480 e. The van der Waals surface area contributed by atoms with Crippen LogP contribution in [-0.4, -0.2) is 76.1 Å². The topological polar surface area (TPSA) is 184 Å². The Morgan fingerprint density at radius 3 is 2.48 bits per heavy atom. The third-order valence-corrected chi connectivity index (χ3v) is 3.15. The highest BCUT2D eigenvalue weighted by atomic mass is 16.6. The second kappa shape index (κ2) is 8.10. The molecule has 0 unspecified atom stereocenters. The van der Waals surface area contributed by atoms with Crippen molar-refractivity contribution in [1.82, 2.24) is 5.32 Å². The first-order valence-electron chi connectivity index (χ1n) is 6.53. The number of hydrogen-bond donors (Lipinski definition) is 7. The average Bonchev–Trinajstić information content (AvgIpc) is 2.69. The molecule has 0 radical (unpaired) electrons. The number of aliphatic hydroxyl groups excluding tert-OH is 3. The Morgan fingerprint density at radius 2 is 2.00 bits per heavy atom. The zero-order chi connectivity index (χ0) is 16.0. The molecule has 0 aromatic carbocycles. The molecule has 1 rings (SSSR count). The zero-order valence-corrected chi connectivity index (χ0v) is 11.4. The summed E-state index contributed by atoms with van der Waals surface area (Å²) in [7, 11) is 0. The van der Waals surface area contributed by atoms with Crippen LogP contribution in [0.2, 0.25) is 0 Å². The lowest BCUT2D eigenvalue weighted by Gasteiger charge is -2.21. The number of rotatable bonds is 8. The first-order valence-corrected chi connectivity index (χ1v) is 6.53. The zero-order valence-electron chi connectivity index (χ0n) is 11.4. The summed E-state index contributed by atoms with van der Waals surface area (Å²) in [5, 5.41) is 40.0. The molecule has 10 nitrogen and oxygen atoms in total. The Morgan fingerprint density at radius 1 is 1.33 bits per heavy atom. The minimum absolute atomic E-state index is 0.0710. The van der Waals surface area contributed by atoms with Crippen molar-refractivity contribution < 1.29 is 30.0 Å². The number of carboxylic acid groups (broad SMARTS) is 1. The molecule has 1 aliphatic rings. The number of nitrogens with zero attached hydrogens (tertiary/aromatic N) is 1. The van der Waals surface area contributed by atoms with Crippen LogP contribution < -0.4 is 16.8 Å². The van der Waals surface area contributed by atoms with Crippen LogP contribution in [-0.2, 0) is 9.53 Å². The van der Waals surface area contributed by atoms with Crippen LogP contribution in [0.25, 0.3) is 0 Å². The van der Waals surface area contributed by atoms with Crippen LogP contribution in [0.1, 0.15) is 12.8 Å². The Bertz CT molecular complexity index is 376. The number of ether oxygens (including phenoxy) is 1. The molecule has 0 aliphatic carbocycles. The molecule has 10 heteroatoms. The average molecular weight is 306 g/mol. The fourth-order valence-electron chi connectivity index (χ4n) is 2.02. The highest BCUT2D eigenvalue weighted by Gasteiger charge is 2.43. The van der Waals surface area contributed by atoms with Crippen molar-refractivity contribution in [2.75, 3.05) is 13.2 Å². The maximum absolute atomic E-state index is 11.2. The summed E-state index contributed by atoms with van der Waals surface area (Å²) < 4.78 is 5.17. The molecular formula is C11H22N4O6. The Kier molecular flexibility index (Phi) is 6.78. The van der Waals surface area contributed by atoms with Crippen LogP contribution in [0.4, 0.5) is 0 Å². The summed E-state index contributed by atoms with van der Waals surface area (Å²) in [6, 6.07) is -0.997. The van der Waals surface area contributed by atoms with Gasteiger partial charge in [-0.05, 0) is 12.8 Å². The lowest BCUT2D eigenvalue weighted by Crippen LogP contribution is -2.49. The number of hydrogen-bond acceptors (Lipinski definition) is 7. The molecule has 1 saturated heterocycles. The van der Waals surface area contributed by atoms with Gasteiger partial charge in [0.05, 0.1) is 6.61 Å². The van der Waals surface area contributed by atoms with Crippen molar-refractivity contribution in [2.45, 2.75) is 43.4 Å². The molecule has 0 spiro atoms. The summed E-state index contributed by atoms with van der Waals surface area (Å²) in [4.78, 5) is 14.9. The van der Waals surface area contributed by atoms with E-state index in [0.717, 1.165) is 0 Å². The summed E-state index contributed by atoms with van der Waals surface area (Å²) in [5.74, 6) is -1.20. The van der Waals surface area contributed by atoms with Crippen LogP contribution in [0.15, 0.2) is 4.99 Å². The fraction of sp³-hybridized carbons (Fsp3) is 0.818. The van der Waals surface area contributed by atoms with Gasteiger partial charge in [-0.2, -0.15) is 0 Å². The summed E-state index contributed by atoms with van der Waals surface area (Å²) in [6.07, 6.45) is -3.99. The van der Waals surface area contributed by atoms with E-state index in [0.29, 0.717) is 6.42 Å². The number of aliphatic carboxylic acids is 1. The van der Waals surface area contributed by atoms with Gasteiger partial charge in [0.25, 0.3) is 0 Å². The van der Waals surface area contributed by atoms with Gasteiger partial charge in [-0.25, -0.2) is 0 Å². The molecule has 5 atom stereocenters. The van der Waals surface area contributed by atoms with Gasteiger partial charge in [-0.15, -0.1) is 0 Å². The summed E-state index contributed by atoms with van der Waals surface area (Å²) >= 11 is 0. The van der Waals surface area contributed by atoms with Crippen LogP contribution in [0, 0.1) is 0 Å². The molecule has 122 valence electrons. The number of nitrogens with one attached hydrogen (secondary N) is 1. The van der Waals surface area contributed by atoms with Gasteiger partial charge in [-0.3, -0.25) is 15.1 Å². The second-order valence-electron chi connectivity index (χ2n) is 4.77. The van der Waals surface area contributed by atoms with E-state index in [1.54, 1.807) is 0 Å². The van der Waals surface area contributed by atoms with E-state index in [2.05, 4.69) is 10.3 Å². The van der Waals surface area contributed by atoms with Gasteiger partial charge >= 0.3 is 5.97 Å². The molecule has 0 amide bonds. The van der Waals surface area contributed by atoms with Crippen molar-refractivity contribution in [3.8, 4) is 0 Å². The number of carbonyl (C=O) groups is 1. The molecule has 0 saturated carbocycles. The van der Waals surface area contributed by atoms with Crippen LogP contribution in [0.5, 0.6) is 0 Å². The predicted molar refractivity (Wildman–Crippen MR) is 72.2 cm³/mol. The summed E-state index contributed by atoms with van der Waals surface area (Å²) in [5.41, 5.74) is 10.3. The van der Waals surface area contributed by atoms with E-state index in [1.165, 1.54) is 0 Å². The lowest BCUT2D eigenvalue weighted by molar-refractivity contribution is -0.141. The number of carboxylic acids is 1. The van der Waals surface area contributed by atoms with E-state index in [4.69, 9.17) is 26.4 Å². The van der Waals surface area contributed by atoms with Crippen molar-refractivity contribution >= 4 is 11.9 Å². The molecule has 0 bridgehead atoms. The maximum Gasteiger partial charge on any atom is 0.320 e. The van der Waals surface area contributed by atoms with Gasteiger partial charge in [-0.1, -0.05) is 0 Å². The molecule has 1 aliphatic heterocycles. The fourth-order valence-corrected chi connectivity index (χ4v) is 2.02. The van der Waals surface area contributed by atoms with E-state index in [1.807, 2.05) is 0 Å². The molecular weight excluding hydrogens is 284 g/mol. The largest absolute Gasteiger partial charge is 0.480 e. The van der Waals surface area contributed by atoms with Crippen LogP contribution >= 0.6 is 0 Å². The standard InChI is InChI=1S/C11H22N4O6/c12-11(13)14-3-1-2-5(10(19)20)15-9-8(18)7(17)6(4-16)21-9/h5-9,15-18H,1-4H2,(H,19,20)(H4,12,13,14)/t5-,6+,7+,8+,9-/m0/s1. The lowest BCUT2D eigenvalue weighted by atomic mass is 10.1. The van der Waals surface area contributed by atoms with Crippen LogP contribution in [0.3, 0.4) is 0 Å². The van der Waals surface area contributed by atoms with Gasteiger partial charge in [0, 0.05) is 6.54 Å². The Hall–Kier alpha value is -1.46. The quantitative estimate of drug-likeness (QED) is 0.136. The van der Waals surface area contributed by atoms with Crippen molar-refractivity contribution in [3.05, 3.63) is 0 Å². The van der Waals surface area contributed by atoms with E-state index < -0.39 is 43.2 Å². The van der Waals surface area contributed by atoms with Gasteiger partial charge in [0.2, 0.25) is 0 Å². The monoisotopic (exact) mass is 306 g/mol. The number of guanidine groups is 1. The maximum atomic E-state index is 11.2. The molecule has 1 fully saturated rings. The molecule has 0 aromatic heterocycles. The van der Waals surface area contributed by atoms with Crippen molar-refractivity contribution in [1.29, 1.82) is 0 Å². The van der Waals surface area contributed by atoms with E-state index in [-0.39, 0.29) is 18.9 Å². The third kappa shape index (κ3) is 5.10. The van der Waals surface area contributed by atoms with E-state index >= 15 is 0 Å².